The molecule has 9 heteroatoms. The van der Waals surface area contributed by atoms with Gasteiger partial charge >= 0.3 is 0 Å². The normalized spacial score (nSPS) is 11.4. The number of nitrogens with zero attached hydrogens (tertiary/aromatic N) is 4. The first-order chi connectivity index (χ1) is 14.5. The Labute approximate surface area is 174 Å². The minimum Gasteiger partial charge on any atom is -0.391 e. The smallest absolute Gasteiger partial charge is 0.275 e. The molecule has 0 atom stereocenters. The molecular weight excluding hydrogens is 404 g/mol. The van der Waals surface area contributed by atoms with Crippen molar-refractivity contribution in [3.63, 3.8) is 0 Å². The Balaban J connectivity index is 1.83. The number of pyridine rings is 1. The number of nitro benzene ring substituents is 1. The van der Waals surface area contributed by atoms with Gasteiger partial charge in [0, 0.05) is 40.7 Å². The van der Waals surface area contributed by atoms with Gasteiger partial charge in [-0.05, 0) is 37.3 Å². The summed E-state index contributed by atoms with van der Waals surface area (Å²) >= 11 is 1.48. The lowest BCUT2D eigenvalue weighted by Gasteiger charge is -2.04. The molecule has 4 aromatic rings. The van der Waals surface area contributed by atoms with Crippen LogP contribution >= 0.6 is 11.3 Å². The zero-order valence-electron chi connectivity index (χ0n) is 15.8. The van der Waals surface area contributed by atoms with E-state index < -0.39 is 11.5 Å². The molecule has 4 rings (SSSR count). The number of thiazole rings is 1. The maximum atomic E-state index is 12.5. The molecule has 8 nitrogen and oxygen atoms in total. The van der Waals surface area contributed by atoms with Crippen molar-refractivity contribution in [2.75, 3.05) is 0 Å². The molecule has 3 heterocycles. The monoisotopic (exact) mass is 420 g/mol. The van der Waals surface area contributed by atoms with Gasteiger partial charge in [-0.1, -0.05) is 6.07 Å². The van der Waals surface area contributed by atoms with Crippen LogP contribution in [-0.4, -0.2) is 30.2 Å². The molecule has 0 radical (unpaired) electrons. The third-order valence-corrected chi connectivity index (χ3v) is 5.46. The first-order valence-electron chi connectivity index (χ1n) is 8.97. The number of nitro groups is 1. The highest BCUT2D eigenvalue weighted by Gasteiger charge is 2.19. The van der Waals surface area contributed by atoms with Crippen LogP contribution in [0.2, 0.25) is 0 Å². The van der Waals surface area contributed by atoms with E-state index in [1.54, 1.807) is 36.7 Å². The average molecular weight is 420 g/mol. The van der Waals surface area contributed by atoms with Crippen LogP contribution in [0.4, 0.5) is 5.69 Å². The summed E-state index contributed by atoms with van der Waals surface area (Å²) in [6, 6.07) is 7.85. The lowest BCUT2D eigenvalue weighted by atomic mass is 10.0. The number of benzene rings is 1. The average Bonchev–Trinajstić information content (AvgIpc) is 3.28. The lowest BCUT2D eigenvalue weighted by molar-refractivity contribution is -0.385. The second kappa shape index (κ2) is 7.97. The van der Waals surface area contributed by atoms with Crippen molar-refractivity contribution in [2.45, 2.75) is 13.5 Å². The minimum atomic E-state index is -0.528. The lowest BCUT2D eigenvalue weighted by Crippen LogP contribution is -1.97. The second-order valence-corrected chi connectivity index (χ2v) is 7.75. The van der Waals surface area contributed by atoms with Crippen molar-refractivity contribution < 1.29 is 14.8 Å². The SMILES string of the molecule is Cc1cn2c(C=CC(=O)c3ccncc3)c(-c3ccc(CO)c([N+](=O)[O-])c3)nc2s1. The van der Waals surface area contributed by atoms with E-state index in [-0.39, 0.29) is 17.0 Å². The van der Waals surface area contributed by atoms with Crippen molar-refractivity contribution in [1.82, 2.24) is 14.4 Å². The van der Waals surface area contributed by atoms with Gasteiger partial charge in [-0.3, -0.25) is 24.3 Å². The fraction of sp³-hybridized carbons (Fsp3) is 0.0952. The first-order valence-corrected chi connectivity index (χ1v) is 9.79. The van der Waals surface area contributed by atoms with E-state index in [4.69, 9.17) is 0 Å². The van der Waals surface area contributed by atoms with Crippen molar-refractivity contribution >= 4 is 33.8 Å². The Bertz CT molecular complexity index is 1290. The van der Waals surface area contributed by atoms with E-state index in [1.165, 1.54) is 29.5 Å². The molecule has 0 saturated heterocycles. The third kappa shape index (κ3) is 3.63. The maximum Gasteiger partial charge on any atom is 0.275 e. The van der Waals surface area contributed by atoms with Crippen LogP contribution in [-0.2, 0) is 6.61 Å². The fourth-order valence-corrected chi connectivity index (χ4v) is 3.96. The number of aromatic nitrogens is 3. The molecule has 0 unspecified atom stereocenters. The molecule has 0 spiro atoms. The first kappa shape index (κ1) is 19.6. The molecule has 0 saturated carbocycles. The fourth-order valence-electron chi connectivity index (χ4n) is 3.13. The van der Waals surface area contributed by atoms with Gasteiger partial charge in [0.15, 0.2) is 10.7 Å². The van der Waals surface area contributed by atoms with Gasteiger partial charge in [0.2, 0.25) is 0 Å². The number of aliphatic hydroxyl groups is 1. The van der Waals surface area contributed by atoms with Gasteiger partial charge in [0.1, 0.15) is 0 Å². The molecule has 3 aromatic heterocycles. The van der Waals surface area contributed by atoms with Gasteiger partial charge < -0.3 is 5.11 Å². The van der Waals surface area contributed by atoms with Gasteiger partial charge in [-0.15, -0.1) is 11.3 Å². The topological polar surface area (TPSA) is 111 Å². The predicted octanol–water partition coefficient (Wildman–Crippen LogP) is 4.06. The Hall–Kier alpha value is -3.69. The zero-order chi connectivity index (χ0) is 21.3. The van der Waals surface area contributed by atoms with Crippen LogP contribution in [0.5, 0.6) is 0 Å². The quantitative estimate of drug-likeness (QED) is 0.218. The van der Waals surface area contributed by atoms with Gasteiger partial charge in [0.25, 0.3) is 5.69 Å². The number of aliphatic hydroxyl groups excluding tert-OH is 1. The van der Waals surface area contributed by atoms with E-state index >= 15 is 0 Å². The van der Waals surface area contributed by atoms with E-state index in [0.29, 0.717) is 27.5 Å². The molecule has 0 bridgehead atoms. The number of allylic oxidation sites excluding steroid dienone is 1. The molecule has 0 aliphatic carbocycles. The molecule has 0 fully saturated rings. The maximum absolute atomic E-state index is 12.5. The summed E-state index contributed by atoms with van der Waals surface area (Å²) in [5.41, 5.74) is 2.25. The van der Waals surface area contributed by atoms with Crippen LogP contribution in [0, 0.1) is 17.0 Å². The number of ketones is 1. The Morgan fingerprint density at radius 3 is 2.77 bits per heavy atom. The predicted molar refractivity (Wildman–Crippen MR) is 113 cm³/mol. The van der Waals surface area contributed by atoms with E-state index in [1.807, 2.05) is 17.5 Å². The molecular formula is C21H16N4O4S. The summed E-state index contributed by atoms with van der Waals surface area (Å²) in [7, 11) is 0. The summed E-state index contributed by atoms with van der Waals surface area (Å²) in [6.45, 7) is 1.52. The number of rotatable bonds is 6. The summed E-state index contributed by atoms with van der Waals surface area (Å²) in [4.78, 5) is 33.7. The number of imidazole rings is 1. The molecule has 0 aliphatic heterocycles. The molecule has 0 aliphatic rings. The van der Waals surface area contributed by atoms with Crippen LogP contribution in [0.3, 0.4) is 0 Å². The van der Waals surface area contributed by atoms with Crippen LogP contribution in [0.1, 0.15) is 26.5 Å². The van der Waals surface area contributed by atoms with Crippen LogP contribution < -0.4 is 0 Å². The highest BCUT2D eigenvalue weighted by molar-refractivity contribution is 7.17. The zero-order valence-corrected chi connectivity index (χ0v) is 16.7. The number of carbonyl (C=O) groups is 1. The molecule has 1 aromatic carbocycles. The third-order valence-electron chi connectivity index (χ3n) is 4.56. The molecule has 0 amide bonds. The summed E-state index contributed by atoms with van der Waals surface area (Å²) < 4.78 is 1.86. The van der Waals surface area contributed by atoms with E-state index in [0.717, 1.165) is 4.88 Å². The van der Waals surface area contributed by atoms with Crippen molar-refractivity contribution in [2.24, 2.45) is 0 Å². The Kier molecular flexibility index (Phi) is 5.21. The number of fused-ring (bicyclic) bond motifs is 1. The van der Waals surface area contributed by atoms with Crippen LogP contribution in [0.15, 0.2) is 55.0 Å². The highest BCUT2D eigenvalue weighted by Crippen LogP contribution is 2.32. The van der Waals surface area contributed by atoms with Crippen molar-refractivity contribution in [3.8, 4) is 11.3 Å². The number of hydrogen-bond acceptors (Lipinski definition) is 7. The van der Waals surface area contributed by atoms with Crippen molar-refractivity contribution in [1.29, 1.82) is 0 Å². The number of hydrogen-bond donors (Lipinski definition) is 1. The minimum absolute atomic E-state index is 0.176. The summed E-state index contributed by atoms with van der Waals surface area (Å²) in [6.07, 6.45) is 8.12. The Morgan fingerprint density at radius 2 is 2.07 bits per heavy atom. The highest BCUT2D eigenvalue weighted by atomic mass is 32.1. The molecule has 150 valence electrons. The number of carbonyl (C=O) groups excluding carboxylic acids is 1. The van der Waals surface area contributed by atoms with Gasteiger partial charge in [-0.25, -0.2) is 4.98 Å². The largest absolute Gasteiger partial charge is 0.391 e. The van der Waals surface area contributed by atoms with Crippen LogP contribution in [0.25, 0.3) is 22.3 Å². The summed E-state index contributed by atoms with van der Waals surface area (Å²) in [5.74, 6) is -0.188. The summed E-state index contributed by atoms with van der Waals surface area (Å²) in [5, 5.41) is 20.8. The van der Waals surface area contributed by atoms with E-state index in [2.05, 4.69) is 9.97 Å². The molecule has 30 heavy (non-hydrogen) atoms. The van der Waals surface area contributed by atoms with Crippen molar-refractivity contribution in [3.05, 3.63) is 86.8 Å². The molecule has 1 N–H and O–H groups in total. The van der Waals surface area contributed by atoms with Gasteiger partial charge in [-0.2, -0.15) is 0 Å². The van der Waals surface area contributed by atoms with E-state index in [9.17, 15) is 20.0 Å². The number of aryl methyl sites for hydroxylation is 1. The standard InChI is InChI=1S/C21H16N4O4S/c1-13-11-24-17(4-5-19(27)14-6-8-22-9-7-14)20(23-21(24)30-13)15-2-3-16(12-26)18(10-15)25(28)29/h2-11,26H,12H2,1H3. The Morgan fingerprint density at radius 1 is 1.30 bits per heavy atom. The van der Waals surface area contributed by atoms with Gasteiger partial charge in [0.05, 0.1) is 28.5 Å². The second-order valence-electron chi connectivity index (χ2n) is 6.53.